The molecule has 0 fully saturated rings. The van der Waals surface area contributed by atoms with Gasteiger partial charge in [-0.25, -0.2) is 0 Å². The molecule has 2 aromatic rings. The first kappa shape index (κ1) is 10.7. The number of aliphatic hydroxyl groups is 1. The van der Waals surface area contributed by atoms with E-state index in [-0.39, 0.29) is 18.2 Å². The van der Waals surface area contributed by atoms with Gasteiger partial charge >= 0.3 is 0 Å². The third-order valence-corrected chi connectivity index (χ3v) is 2.75. The molecule has 0 amide bonds. The van der Waals surface area contributed by atoms with E-state index in [1.165, 1.54) is 4.57 Å². The number of benzene rings is 1. The van der Waals surface area contributed by atoms with Crippen molar-refractivity contribution in [3.8, 4) is 0 Å². The lowest BCUT2D eigenvalue weighted by molar-refractivity contribution is 0.236. The van der Waals surface area contributed by atoms with Crippen LogP contribution in [0.3, 0.4) is 0 Å². The number of aromatic nitrogens is 1. The van der Waals surface area contributed by atoms with Crippen LogP contribution < -0.4 is 11.3 Å². The van der Waals surface area contributed by atoms with Crippen molar-refractivity contribution in [2.24, 2.45) is 0 Å². The van der Waals surface area contributed by atoms with Gasteiger partial charge in [0.05, 0.1) is 12.6 Å². The number of rotatable bonds is 2. The zero-order valence-corrected chi connectivity index (χ0v) is 9.05. The van der Waals surface area contributed by atoms with Crippen LogP contribution in [0.1, 0.15) is 13.0 Å². The van der Waals surface area contributed by atoms with E-state index in [0.717, 1.165) is 5.39 Å². The molecule has 0 aliphatic heterocycles. The van der Waals surface area contributed by atoms with Crippen molar-refractivity contribution in [2.75, 3.05) is 12.3 Å². The first-order valence-electron chi connectivity index (χ1n) is 5.15. The fraction of sp³-hybridized carbons (Fsp3) is 0.250. The highest BCUT2D eigenvalue weighted by atomic mass is 16.3. The predicted molar refractivity (Wildman–Crippen MR) is 64.4 cm³/mol. The van der Waals surface area contributed by atoms with E-state index in [1.54, 1.807) is 37.4 Å². The number of hydrogen-bond acceptors (Lipinski definition) is 3. The maximum atomic E-state index is 12.1. The van der Waals surface area contributed by atoms with Gasteiger partial charge in [0.15, 0.2) is 0 Å². The number of nitrogens with two attached hydrogens (primary N) is 1. The molecule has 3 N–H and O–H groups in total. The summed E-state index contributed by atoms with van der Waals surface area (Å²) in [4.78, 5) is 12.1. The lowest BCUT2D eigenvalue weighted by Crippen LogP contribution is -2.24. The molecule has 0 spiro atoms. The molecule has 1 aromatic heterocycles. The quantitative estimate of drug-likeness (QED) is 0.743. The van der Waals surface area contributed by atoms with Crippen LogP contribution in [0, 0.1) is 0 Å². The Balaban J connectivity index is 2.76. The van der Waals surface area contributed by atoms with Crippen molar-refractivity contribution in [3.63, 3.8) is 0 Å². The van der Waals surface area contributed by atoms with Crippen LogP contribution in [-0.4, -0.2) is 16.3 Å². The largest absolute Gasteiger partial charge is 0.398 e. The molecule has 1 aromatic carbocycles. The lowest BCUT2D eigenvalue weighted by atomic mass is 10.1. The highest BCUT2D eigenvalue weighted by molar-refractivity contribution is 5.91. The summed E-state index contributed by atoms with van der Waals surface area (Å²) in [6.07, 6.45) is 1.67. The normalized spacial score (nSPS) is 12.9. The summed E-state index contributed by atoms with van der Waals surface area (Å²) in [5.41, 5.74) is 6.26. The SMILES string of the molecule is C[C@H](CO)n1ccc2c(N)cccc2c1=O. The van der Waals surface area contributed by atoms with Crippen LogP contribution in [-0.2, 0) is 0 Å². The minimum Gasteiger partial charge on any atom is -0.398 e. The van der Waals surface area contributed by atoms with Crippen molar-refractivity contribution in [1.29, 1.82) is 0 Å². The van der Waals surface area contributed by atoms with Crippen molar-refractivity contribution in [2.45, 2.75) is 13.0 Å². The van der Waals surface area contributed by atoms with Crippen molar-refractivity contribution >= 4 is 16.5 Å². The summed E-state index contributed by atoms with van der Waals surface area (Å²) in [5.74, 6) is 0. The molecule has 0 unspecified atom stereocenters. The molecule has 0 bridgehead atoms. The molecule has 4 nitrogen and oxygen atoms in total. The summed E-state index contributed by atoms with van der Waals surface area (Å²) in [6, 6.07) is 6.85. The molecule has 0 saturated carbocycles. The van der Waals surface area contributed by atoms with E-state index in [1.807, 2.05) is 0 Å². The third-order valence-electron chi connectivity index (χ3n) is 2.75. The van der Waals surface area contributed by atoms with Gasteiger partial charge in [-0.05, 0) is 25.1 Å². The first-order valence-corrected chi connectivity index (χ1v) is 5.15. The average Bonchev–Trinajstić information content (AvgIpc) is 2.30. The molecule has 1 atom stereocenters. The molecule has 0 radical (unpaired) electrons. The molecule has 84 valence electrons. The molecule has 0 aliphatic rings. The van der Waals surface area contributed by atoms with Crippen molar-refractivity contribution in [1.82, 2.24) is 4.57 Å². The zero-order chi connectivity index (χ0) is 11.7. The number of pyridine rings is 1. The van der Waals surface area contributed by atoms with Crippen molar-refractivity contribution < 1.29 is 5.11 Å². The number of aliphatic hydroxyl groups excluding tert-OH is 1. The van der Waals surface area contributed by atoms with Crippen LogP contribution in [0.4, 0.5) is 5.69 Å². The van der Waals surface area contributed by atoms with Gasteiger partial charge in [-0.15, -0.1) is 0 Å². The van der Waals surface area contributed by atoms with Gasteiger partial charge in [-0.2, -0.15) is 0 Å². The van der Waals surface area contributed by atoms with Crippen LogP contribution >= 0.6 is 0 Å². The van der Waals surface area contributed by atoms with Gasteiger partial charge in [0.25, 0.3) is 5.56 Å². The fourth-order valence-corrected chi connectivity index (χ4v) is 1.75. The summed E-state index contributed by atoms with van der Waals surface area (Å²) in [7, 11) is 0. The maximum Gasteiger partial charge on any atom is 0.258 e. The average molecular weight is 218 g/mol. The Morgan fingerprint density at radius 3 is 2.81 bits per heavy atom. The minimum atomic E-state index is -0.224. The van der Waals surface area contributed by atoms with E-state index in [2.05, 4.69) is 0 Å². The number of nitrogens with zero attached hydrogens (tertiary/aromatic N) is 1. The third kappa shape index (κ3) is 1.57. The molecular formula is C12H14N2O2. The van der Waals surface area contributed by atoms with Gasteiger partial charge < -0.3 is 15.4 Å². The monoisotopic (exact) mass is 218 g/mol. The predicted octanol–water partition coefficient (Wildman–Crippen LogP) is 1.14. The summed E-state index contributed by atoms with van der Waals surface area (Å²) < 4.78 is 1.52. The minimum absolute atomic E-state index is 0.0618. The zero-order valence-electron chi connectivity index (χ0n) is 9.05. The van der Waals surface area contributed by atoms with E-state index < -0.39 is 0 Å². The van der Waals surface area contributed by atoms with Gasteiger partial charge in [-0.1, -0.05) is 6.07 Å². The summed E-state index contributed by atoms with van der Waals surface area (Å²) in [5, 5.41) is 10.4. The molecule has 0 aliphatic carbocycles. The molecule has 1 heterocycles. The highest BCUT2D eigenvalue weighted by Crippen LogP contribution is 2.17. The van der Waals surface area contributed by atoms with Gasteiger partial charge in [0, 0.05) is 22.7 Å². The second kappa shape index (κ2) is 3.98. The number of fused-ring (bicyclic) bond motifs is 1. The Bertz CT molecular complexity index is 575. The van der Waals surface area contributed by atoms with E-state index in [0.29, 0.717) is 11.1 Å². The molecule has 2 rings (SSSR count). The molecule has 4 heteroatoms. The summed E-state index contributed by atoms with van der Waals surface area (Å²) in [6.45, 7) is 1.73. The molecule has 0 saturated heterocycles. The Labute approximate surface area is 92.9 Å². The second-order valence-corrected chi connectivity index (χ2v) is 3.87. The van der Waals surface area contributed by atoms with Gasteiger partial charge in [0.1, 0.15) is 0 Å². The summed E-state index contributed by atoms with van der Waals surface area (Å²) >= 11 is 0. The van der Waals surface area contributed by atoms with E-state index in [4.69, 9.17) is 10.8 Å². The van der Waals surface area contributed by atoms with E-state index >= 15 is 0 Å². The number of hydrogen-bond donors (Lipinski definition) is 2. The Kier molecular flexibility index (Phi) is 2.66. The first-order chi connectivity index (χ1) is 7.65. The van der Waals surface area contributed by atoms with Crippen LogP contribution in [0.5, 0.6) is 0 Å². The topological polar surface area (TPSA) is 68.2 Å². The molecular weight excluding hydrogens is 204 g/mol. The standard InChI is InChI=1S/C12H14N2O2/c1-8(7-15)14-6-5-9-10(12(14)16)3-2-4-11(9)13/h2-6,8,15H,7,13H2,1H3/t8-/m1/s1. The second-order valence-electron chi connectivity index (χ2n) is 3.87. The molecule has 16 heavy (non-hydrogen) atoms. The van der Waals surface area contributed by atoms with E-state index in [9.17, 15) is 4.79 Å². The Hall–Kier alpha value is -1.81. The van der Waals surface area contributed by atoms with Crippen LogP contribution in [0.15, 0.2) is 35.3 Å². The number of nitrogen functional groups attached to an aromatic ring is 1. The lowest BCUT2D eigenvalue weighted by Gasteiger charge is -2.13. The van der Waals surface area contributed by atoms with Crippen LogP contribution in [0.25, 0.3) is 10.8 Å². The Morgan fingerprint density at radius 1 is 1.38 bits per heavy atom. The fourth-order valence-electron chi connectivity index (χ4n) is 1.75. The van der Waals surface area contributed by atoms with Crippen LogP contribution in [0.2, 0.25) is 0 Å². The highest BCUT2D eigenvalue weighted by Gasteiger charge is 2.08. The number of anilines is 1. The van der Waals surface area contributed by atoms with Gasteiger partial charge in [0.2, 0.25) is 0 Å². The Morgan fingerprint density at radius 2 is 2.12 bits per heavy atom. The smallest absolute Gasteiger partial charge is 0.258 e. The van der Waals surface area contributed by atoms with Gasteiger partial charge in [-0.3, -0.25) is 4.79 Å². The van der Waals surface area contributed by atoms with Crippen molar-refractivity contribution in [3.05, 3.63) is 40.8 Å². The maximum absolute atomic E-state index is 12.1.